The number of carbonyl (C=O) groups excluding carboxylic acids is 1. The standard InChI is InChI=1S/C18H18ClNO2/c1-22-17-10-9-13(11-15(17)19)18(21)20-16-8-4-6-12-5-2-3-7-14(12)16/h2-3,5,7,9-11,16H,4,6,8H2,1H3,(H,20,21)/t16-/m0/s1. The SMILES string of the molecule is COc1ccc(C(=O)N[C@H]2CCCc3ccccc32)cc1Cl. The number of nitrogens with one attached hydrogen (secondary N) is 1. The van der Waals surface area contributed by atoms with Gasteiger partial charge in [0.05, 0.1) is 18.2 Å². The van der Waals surface area contributed by atoms with Crippen LogP contribution in [0.3, 0.4) is 0 Å². The van der Waals surface area contributed by atoms with Crippen LogP contribution in [0.2, 0.25) is 5.02 Å². The second-order valence-corrected chi connectivity index (χ2v) is 5.87. The van der Waals surface area contributed by atoms with E-state index in [-0.39, 0.29) is 11.9 Å². The Morgan fingerprint density at radius 1 is 1.27 bits per heavy atom. The maximum absolute atomic E-state index is 12.5. The van der Waals surface area contributed by atoms with Gasteiger partial charge < -0.3 is 10.1 Å². The lowest BCUT2D eigenvalue weighted by atomic mass is 9.87. The van der Waals surface area contributed by atoms with Crippen LogP contribution in [0, 0.1) is 0 Å². The summed E-state index contributed by atoms with van der Waals surface area (Å²) < 4.78 is 5.11. The summed E-state index contributed by atoms with van der Waals surface area (Å²) in [4.78, 5) is 12.5. The number of ether oxygens (including phenoxy) is 1. The third-order valence-corrected chi connectivity index (χ3v) is 4.38. The van der Waals surface area contributed by atoms with Gasteiger partial charge >= 0.3 is 0 Å². The first kappa shape index (κ1) is 14.9. The number of hydrogen-bond donors (Lipinski definition) is 1. The van der Waals surface area contributed by atoms with Crippen molar-refractivity contribution in [2.45, 2.75) is 25.3 Å². The van der Waals surface area contributed by atoms with E-state index >= 15 is 0 Å². The third-order valence-electron chi connectivity index (χ3n) is 4.09. The molecule has 0 fully saturated rings. The molecule has 1 N–H and O–H groups in total. The Bertz CT molecular complexity index is 699. The molecule has 3 rings (SSSR count). The Labute approximate surface area is 135 Å². The van der Waals surface area contributed by atoms with Crippen LogP contribution in [-0.2, 0) is 6.42 Å². The van der Waals surface area contributed by atoms with Gasteiger partial charge in [-0.2, -0.15) is 0 Å². The number of methoxy groups -OCH3 is 1. The zero-order valence-electron chi connectivity index (χ0n) is 12.4. The summed E-state index contributed by atoms with van der Waals surface area (Å²) in [5, 5.41) is 3.56. The number of aryl methyl sites for hydroxylation is 1. The first-order valence-electron chi connectivity index (χ1n) is 7.41. The highest BCUT2D eigenvalue weighted by Crippen LogP contribution is 2.30. The molecule has 1 atom stereocenters. The predicted molar refractivity (Wildman–Crippen MR) is 87.6 cm³/mol. The average molecular weight is 316 g/mol. The second kappa shape index (κ2) is 6.41. The van der Waals surface area contributed by atoms with Gasteiger partial charge in [0.1, 0.15) is 5.75 Å². The smallest absolute Gasteiger partial charge is 0.251 e. The molecule has 0 unspecified atom stereocenters. The van der Waals surface area contributed by atoms with Gasteiger partial charge in [0.2, 0.25) is 0 Å². The number of benzene rings is 2. The van der Waals surface area contributed by atoms with E-state index in [9.17, 15) is 4.79 Å². The number of amides is 1. The minimum absolute atomic E-state index is 0.0679. The van der Waals surface area contributed by atoms with Crippen LogP contribution >= 0.6 is 11.6 Å². The van der Waals surface area contributed by atoms with Crippen molar-refractivity contribution in [3.8, 4) is 5.75 Å². The van der Waals surface area contributed by atoms with Crippen molar-refractivity contribution in [1.82, 2.24) is 5.32 Å². The van der Waals surface area contributed by atoms with Gasteiger partial charge in [-0.15, -0.1) is 0 Å². The molecule has 0 bridgehead atoms. The van der Waals surface area contributed by atoms with Crippen molar-refractivity contribution in [1.29, 1.82) is 0 Å². The first-order valence-corrected chi connectivity index (χ1v) is 7.79. The Morgan fingerprint density at radius 3 is 2.86 bits per heavy atom. The van der Waals surface area contributed by atoms with E-state index in [0.717, 1.165) is 19.3 Å². The minimum Gasteiger partial charge on any atom is -0.495 e. The Hall–Kier alpha value is -2.00. The molecule has 0 aromatic heterocycles. The highest BCUT2D eigenvalue weighted by atomic mass is 35.5. The lowest BCUT2D eigenvalue weighted by molar-refractivity contribution is 0.0932. The van der Waals surface area contributed by atoms with Crippen molar-refractivity contribution in [2.75, 3.05) is 7.11 Å². The normalized spacial score (nSPS) is 16.7. The lowest BCUT2D eigenvalue weighted by Gasteiger charge is -2.26. The molecule has 0 saturated heterocycles. The number of rotatable bonds is 3. The van der Waals surface area contributed by atoms with Crippen LogP contribution in [0.5, 0.6) is 5.75 Å². The fraction of sp³-hybridized carbons (Fsp3) is 0.278. The van der Waals surface area contributed by atoms with Gasteiger partial charge in [-0.25, -0.2) is 0 Å². The summed E-state index contributed by atoms with van der Waals surface area (Å²) in [5.74, 6) is 0.465. The molecule has 0 spiro atoms. The summed E-state index contributed by atoms with van der Waals surface area (Å²) in [5.41, 5.74) is 3.10. The van der Waals surface area contributed by atoms with E-state index in [1.165, 1.54) is 11.1 Å². The molecule has 1 amide bonds. The van der Waals surface area contributed by atoms with Gasteiger partial charge in [-0.3, -0.25) is 4.79 Å². The molecule has 4 heteroatoms. The number of halogens is 1. The summed E-state index contributed by atoms with van der Waals surface area (Å²) in [6.07, 6.45) is 3.13. The van der Waals surface area contributed by atoms with Crippen LogP contribution in [0.4, 0.5) is 0 Å². The molecule has 1 aliphatic rings. The van der Waals surface area contributed by atoms with Gasteiger partial charge in [-0.05, 0) is 48.6 Å². The molecular formula is C18H18ClNO2. The monoisotopic (exact) mass is 315 g/mol. The van der Waals surface area contributed by atoms with Crippen LogP contribution in [0.1, 0.15) is 40.4 Å². The van der Waals surface area contributed by atoms with Gasteiger partial charge in [0.25, 0.3) is 5.91 Å². The molecule has 22 heavy (non-hydrogen) atoms. The quantitative estimate of drug-likeness (QED) is 0.923. The van der Waals surface area contributed by atoms with Crippen LogP contribution in [0.15, 0.2) is 42.5 Å². The highest BCUT2D eigenvalue weighted by Gasteiger charge is 2.22. The second-order valence-electron chi connectivity index (χ2n) is 5.47. The Balaban J connectivity index is 1.79. The van der Waals surface area contributed by atoms with Crippen molar-refractivity contribution in [3.05, 3.63) is 64.2 Å². The van der Waals surface area contributed by atoms with E-state index in [1.54, 1.807) is 25.3 Å². The minimum atomic E-state index is -0.105. The molecule has 1 aliphatic carbocycles. The van der Waals surface area contributed by atoms with E-state index in [1.807, 2.05) is 12.1 Å². The van der Waals surface area contributed by atoms with Crippen LogP contribution < -0.4 is 10.1 Å². The molecule has 2 aromatic rings. The van der Waals surface area contributed by atoms with Crippen LogP contribution in [0.25, 0.3) is 0 Å². The summed E-state index contributed by atoms with van der Waals surface area (Å²) in [6, 6.07) is 13.5. The van der Waals surface area contributed by atoms with Gasteiger partial charge in [-0.1, -0.05) is 35.9 Å². The van der Waals surface area contributed by atoms with Gasteiger partial charge in [0.15, 0.2) is 0 Å². The van der Waals surface area contributed by atoms with E-state index in [4.69, 9.17) is 16.3 Å². The predicted octanol–water partition coefficient (Wildman–Crippen LogP) is 4.16. The molecule has 2 aromatic carbocycles. The Kier molecular flexibility index (Phi) is 4.34. The van der Waals surface area contributed by atoms with Crippen molar-refractivity contribution >= 4 is 17.5 Å². The summed E-state index contributed by atoms with van der Waals surface area (Å²) >= 11 is 6.09. The van der Waals surface area contributed by atoms with Gasteiger partial charge in [0, 0.05) is 5.56 Å². The van der Waals surface area contributed by atoms with E-state index in [0.29, 0.717) is 16.3 Å². The fourth-order valence-electron chi connectivity index (χ4n) is 2.95. The number of carbonyl (C=O) groups is 1. The molecular weight excluding hydrogens is 298 g/mol. The largest absolute Gasteiger partial charge is 0.495 e. The number of hydrogen-bond acceptors (Lipinski definition) is 2. The summed E-state index contributed by atoms with van der Waals surface area (Å²) in [7, 11) is 1.56. The van der Waals surface area contributed by atoms with Crippen LogP contribution in [-0.4, -0.2) is 13.0 Å². The van der Waals surface area contributed by atoms with Crippen molar-refractivity contribution in [3.63, 3.8) is 0 Å². The molecule has 3 nitrogen and oxygen atoms in total. The lowest BCUT2D eigenvalue weighted by Crippen LogP contribution is -2.30. The fourth-order valence-corrected chi connectivity index (χ4v) is 3.21. The third kappa shape index (κ3) is 2.95. The van der Waals surface area contributed by atoms with Crippen molar-refractivity contribution < 1.29 is 9.53 Å². The molecule has 0 heterocycles. The zero-order chi connectivity index (χ0) is 15.5. The first-order chi connectivity index (χ1) is 10.7. The van der Waals surface area contributed by atoms with Crippen molar-refractivity contribution in [2.24, 2.45) is 0 Å². The molecule has 0 radical (unpaired) electrons. The maximum atomic E-state index is 12.5. The van der Waals surface area contributed by atoms with E-state index < -0.39 is 0 Å². The maximum Gasteiger partial charge on any atom is 0.251 e. The molecule has 0 aliphatic heterocycles. The number of fused-ring (bicyclic) bond motifs is 1. The topological polar surface area (TPSA) is 38.3 Å². The molecule has 0 saturated carbocycles. The molecule has 114 valence electrons. The highest BCUT2D eigenvalue weighted by molar-refractivity contribution is 6.32. The van der Waals surface area contributed by atoms with E-state index in [2.05, 4.69) is 17.4 Å². The summed E-state index contributed by atoms with van der Waals surface area (Å²) in [6.45, 7) is 0. The zero-order valence-corrected chi connectivity index (χ0v) is 13.2. The average Bonchev–Trinajstić information content (AvgIpc) is 2.55. The Morgan fingerprint density at radius 2 is 2.09 bits per heavy atom.